The number of nitrogens with zero attached hydrogens (tertiary/aromatic N) is 2. The number of aromatic nitrogens is 2. The van der Waals surface area contributed by atoms with Crippen LogP contribution in [0.2, 0.25) is 0 Å². The minimum absolute atomic E-state index is 0.206. The smallest absolute Gasteiger partial charge is 0.273 e. The summed E-state index contributed by atoms with van der Waals surface area (Å²) in [5.41, 5.74) is 3.85. The van der Waals surface area contributed by atoms with E-state index in [0.29, 0.717) is 6.42 Å². The van der Waals surface area contributed by atoms with Crippen LogP contribution in [0.15, 0.2) is 36.8 Å². The second-order valence-electron chi connectivity index (χ2n) is 4.18. The molecule has 1 aliphatic carbocycles. The average Bonchev–Trinajstić information content (AvgIpc) is 2.91. The maximum atomic E-state index is 11.0. The standard InChI is InChI=1S/C13H11N3O2/c17-16(18)13-6-2-3-9-10(4-1-5-11(9)13)12-7-14-8-15-12/h2-4,6-8H,1,5H2,(H,14,15). The number of allylic oxidation sites excluding steroid dienone is 1. The van der Waals surface area contributed by atoms with E-state index in [2.05, 4.69) is 16.0 Å². The molecule has 0 spiro atoms. The summed E-state index contributed by atoms with van der Waals surface area (Å²) in [5, 5.41) is 11.0. The number of rotatable bonds is 2. The van der Waals surface area contributed by atoms with Crippen molar-refractivity contribution in [3.63, 3.8) is 0 Å². The molecular formula is C13H11N3O2. The fourth-order valence-electron chi connectivity index (χ4n) is 2.39. The van der Waals surface area contributed by atoms with Crippen molar-refractivity contribution < 1.29 is 4.92 Å². The van der Waals surface area contributed by atoms with Crippen LogP contribution in [-0.2, 0) is 6.42 Å². The summed E-state index contributed by atoms with van der Waals surface area (Å²) < 4.78 is 0. The highest BCUT2D eigenvalue weighted by Gasteiger charge is 2.22. The van der Waals surface area contributed by atoms with Crippen LogP contribution in [0.4, 0.5) is 5.69 Å². The zero-order valence-electron chi connectivity index (χ0n) is 9.59. The van der Waals surface area contributed by atoms with Gasteiger partial charge in [0.15, 0.2) is 0 Å². The molecule has 0 bridgehead atoms. The molecule has 5 nitrogen and oxygen atoms in total. The molecule has 5 heteroatoms. The van der Waals surface area contributed by atoms with Gasteiger partial charge in [-0.05, 0) is 18.4 Å². The molecule has 0 saturated carbocycles. The Labute approximate surface area is 103 Å². The second-order valence-corrected chi connectivity index (χ2v) is 4.18. The van der Waals surface area contributed by atoms with Gasteiger partial charge in [0.05, 0.1) is 23.1 Å². The minimum atomic E-state index is -0.311. The summed E-state index contributed by atoms with van der Waals surface area (Å²) in [7, 11) is 0. The lowest BCUT2D eigenvalue weighted by atomic mass is 9.88. The van der Waals surface area contributed by atoms with Crippen molar-refractivity contribution in [1.82, 2.24) is 9.97 Å². The Hall–Kier alpha value is -2.43. The topological polar surface area (TPSA) is 71.8 Å². The van der Waals surface area contributed by atoms with E-state index in [-0.39, 0.29) is 10.6 Å². The quantitative estimate of drug-likeness (QED) is 0.649. The van der Waals surface area contributed by atoms with Crippen molar-refractivity contribution in [2.75, 3.05) is 0 Å². The third kappa shape index (κ3) is 1.60. The Bertz CT molecular complexity index is 630. The van der Waals surface area contributed by atoms with Gasteiger partial charge in [-0.15, -0.1) is 0 Å². The maximum Gasteiger partial charge on any atom is 0.273 e. The third-order valence-corrected chi connectivity index (χ3v) is 3.17. The van der Waals surface area contributed by atoms with Gasteiger partial charge in [-0.1, -0.05) is 18.2 Å². The summed E-state index contributed by atoms with van der Waals surface area (Å²) in [6.45, 7) is 0. The van der Waals surface area contributed by atoms with Gasteiger partial charge in [0.1, 0.15) is 0 Å². The van der Waals surface area contributed by atoms with E-state index in [9.17, 15) is 10.1 Å². The number of benzene rings is 1. The van der Waals surface area contributed by atoms with Gasteiger partial charge < -0.3 is 4.98 Å². The highest BCUT2D eigenvalue weighted by atomic mass is 16.6. The van der Waals surface area contributed by atoms with E-state index in [0.717, 1.165) is 28.8 Å². The number of fused-ring (bicyclic) bond motifs is 1. The zero-order chi connectivity index (χ0) is 12.5. The molecule has 90 valence electrons. The molecule has 3 rings (SSSR count). The van der Waals surface area contributed by atoms with Crippen LogP contribution in [0.5, 0.6) is 0 Å². The highest BCUT2D eigenvalue weighted by molar-refractivity contribution is 5.82. The molecule has 0 saturated heterocycles. The average molecular weight is 241 g/mol. The molecule has 1 aromatic carbocycles. The molecule has 2 aromatic rings. The first kappa shape index (κ1) is 10.7. The third-order valence-electron chi connectivity index (χ3n) is 3.17. The van der Waals surface area contributed by atoms with Crippen molar-refractivity contribution in [2.45, 2.75) is 12.8 Å². The Morgan fingerprint density at radius 1 is 1.39 bits per heavy atom. The van der Waals surface area contributed by atoms with Gasteiger partial charge in [-0.2, -0.15) is 0 Å². The van der Waals surface area contributed by atoms with E-state index in [1.54, 1.807) is 24.7 Å². The first-order valence-electron chi connectivity index (χ1n) is 5.73. The van der Waals surface area contributed by atoms with Gasteiger partial charge in [-0.3, -0.25) is 10.1 Å². The van der Waals surface area contributed by atoms with Gasteiger partial charge in [-0.25, -0.2) is 4.98 Å². The van der Waals surface area contributed by atoms with Crippen LogP contribution in [0, 0.1) is 10.1 Å². The van der Waals surface area contributed by atoms with E-state index in [1.165, 1.54) is 0 Å². The lowest BCUT2D eigenvalue weighted by Gasteiger charge is -2.16. The van der Waals surface area contributed by atoms with Crippen LogP contribution in [0.3, 0.4) is 0 Å². The fraction of sp³-hybridized carbons (Fsp3) is 0.154. The van der Waals surface area contributed by atoms with E-state index < -0.39 is 0 Å². The lowest BCUT2D eigenvalue weighted by molar-refractivity contribution is -0.385. The van der Waals surface area contributed by atoms with E-state index in [1.807, 2.05) is 6.07 Å². The largest absolute Gasteiger partial charge is 0.345 e. The number of imidazole rings is 1. The molecule has 1 N–H and O–H groups in total. The number of nitro benzene ring substituents is 1. The molecule has 1 heterocycles. The number of nitrogens with one attached hydrogen (secondary N) is 1. The molecule has 0 fully saturated rings. The van der Waals surface area contributed by atoms with E-state index >= 15 is 0 Å². The molecule has 0 unspecified atom stereocenters. The zero-order valence-corrected chi connectivity index (χ0v) is 9.59. The van der Waals surface area contributed by atoms with Crippen molar-refractivity contribution in [3.8, 4) is 0 Å². The molecule has 0 atom stereocenters. The molecule has 0 radical (unpaired) electrons. The number of nitro groups is 1. The molecule has 0 aliphatic heterocycles. The molecule has 18 heavy (non-hydrogen) atoms. The minimum Gasteiger partial charge on any atom is -0.345 e. The first-order valence-corrected chi connectivity index (χ1v) is 5.73. The van der Waals surface area contributed by atoms with Crippen LogP contribution < -0.4 is 0 Å². The van der Waals surface area contributed by atoms with Crippen molar-refractivity contribution in [2.24, 2.45) is 0 Å². The van der Waals surface area contributed by atoms with Gasteiger partial charge in [0.25, 0.3) is 5.69 Å². The van der Waals surface area contributed by atoms with Crippen LogP contribution in [-0.4, -0.2) is 14.9 Å². The number of aromatic amines is 1. The first-order chi connectivity index (χ1) is 8.77. The number of hydrogen-bond donors (Lipinski definition) is 1. The predicted octanol–water partition coefficient (Wildman–Crippen LogP) is 2.70. The summed E-state index contributed by atoms with van der Waals surface area (Å²) in [6, 6.07) is 5.22. The van der Waals surface area contributed by atoms with Gasteiger partial charge in [0, 0.05) is 17.2 Å². The van der Waals surface area contributed by atoms with Gasteiger partial charge in [0.2, 0.25) is 0 Å². The summed E-state index contributed by atoms with van der Waals surface area (Å²) >= 11 is 0. The monoisotopic (exact) mass is 241 g/mol. The van der Waals surface area contributed by atoms with Crippen LogP contribution in [0.25, 0.3) is 5.57 Å². The number of hydrogen-bond acceptors (Lipinski definition) is 3. The molecule has 1 aromatic heterocycles. The summed E-state index contributed by atoms with van der Waals surface area (Å²) in [5.74, 6) is 0. The second kappa shape index (κ2) is 4.10. The Kier molecular flexibility index (Phi) is 2.44. The normalized spacial score (nSPS) is 13.9. The maximum absolute atomic E-state index is 11.0. The molecular weight excluding hydrogens is 230 g/mol. The van der Waals surface area contributed by atoms with Gasteiger partial charge >= 0.3 is 0 Å². The summed E-state index contributed by atoms with van der Waals surface area (Å²) in [4.78, 5) is 17.8. The summed E-state index contributed by atoms with van der Waals surface area (Å²) in [6.07, 6.45) is 6.97. The Morgan fingerprint density at radius 2 is 2.28 bits per heavy atom. The number of H-pyrrole nitrogens is 1. The highest BCUT2D eigenvalue weighted by Crippen LogP contribution is 2.35. The van der Waals surface area contributed by atoms with Crippen LogP contribution >= 0.6 is 0 Å². The van der Waals surface area contributed by atoms with Crippen molar-refractivity contribution >= 4 is 11.3 Å². The Balaban J connectivity index is 2.18. The fourth-order valence-corrected chi connectivity index (χ4v) is 2.39. The predicted molar refractivity (Wildman–Crippen MR) is 67.1 cm³/mol. The van der Waals surface area contributed by atoms with Crippen molar-refractivity contribution in [3.05, 3.63) is 63.7 Å². The molecule has 1 aliphatic rings. The SMILES string of the molecule is O=[N+]([O-])c1cccc2c1CCC=C2c1cnc[nH]1. The van der Waals surface area contributed by atoms with Crippen molar-refractivity contribution in [1.29, 1.82) is 0 Å². The molecule has 0 amide bonds. The Morgan fingerprint density at radius 3 is 3.00 bits per heavy atom. The van der Waals surface area contributed by atoms with E-state index in [4.69, 9.17) is 0 Å². The van der Waals surface area contributed by atoms with Crippen LogP contribution in [0.1, 0.15) is 23.2 Å². The lowest BCUT2D eigenvalue weighted by Crippen LogP contribution is -2.05.